The van der Waals surface area contributed by atoms with Crippen LogP contribution in [0.2, 0.25) is 0 Å². The molecule has 0 bridgehead atoms. The molecule has 1 aromatic heterocycles. The van der Waals surface area contributed by atoms with Gasteiger partial charge in [0.2, 0.25) is 5.88 Å². The Hall–Kier alpha value is -2.43. The second-order valence-corrected chi connectivity index (χ2v) is 4.38. The van der Waals surface area contributed by atoms with Crippen molar-refractivity contribution < 1.29 is 14.2 Å². The van der Waals surface area contributed by atoms with E-state index in [0.717, 1.165) is 22.7 Å². The number of hydrogen-bond acceptors (Lipinski definition) is 5. The molecule has 2 heterocycles. The Labute approximate surface area is 117 Å². The van der Waals surface area contributed by atoms with Crippen LogP contribution >= 0.6 is 0 Å². The minimum atomic E-state index is 0.591. The molecule has 0 atom stereocenters. The van der Waals surface area contributed by atoms with Gasteiger partial charge in [-0.25, -0.2) is 4.98 Å². The smallest absolute Gasteiger partial charge is 0.213 e. The lowest BCUT2D eigenvalue weighted by Gasteiger charge is -2.21. The Morgan fingerprint density at radius 2 is 2.10 bits per heavy atom. The molecule has 2 aromatic rings. The number of nitrogens with one attached hydrogen (secondary N) is 1. The summed E-state index contributed by atoms with van der Waals surface area (Å²) in [6.45, 7) is 1.85. The highest BCUT2D eigenvalue weighted by Crippen LogP contribution is 2.33. The first-order valence-corrected chi connectivity index (χ1v) is 6.48. The number of aromatic nitrogens is 1. The third-order valence-corrected chi connectivity index (χ3v) is 3.08. The van der Waals surface area contributed by atoms with Crippen LogP contribution in [0.1, 0.15) is 5.56 Å². The van der Waals surface area contributed by atoms with Gasteiger partial charge >= 0.3 is 0 Å². The van der Waals surface area contributed by atoms with Crippen molar-refractivity contribution in [2.24, 2.45) is 0 Å². The third-order valence-electron chi connectivity index (χ3n) is 3.08. The highest BCUT2D eigenvalue weighted by Gasteiger charge is 2.15. The molecule has 1 aliphatic rings. The first kappa shape index (κ1) is 12.6. The third kappa shape index (κ3) is 2.61. The average molecular weight is 272 g/mol. The van der Waals surface area contributed by atoms with Crippen molar-refractivity contribution in [3.63, 3.8) is 0 Å². The molecule has 1 aromatic carbocycles. The van der Waals surface area contributed by atoms with Crippen LogP contribution in [0, 0.1) is 0 Å². The van der Waals surface area contributed by atoms with Crippen molar-refractivity contribution in [1.82, 2.24) is 4.98 Å². The second kappa shape index (κ2) is 5.69. The van der Waals surface area contributed by atoms with E-state index in [-0.39, 0.29) is 0 Å². The van der Waals surface area contributed by atoms with Gasteiger partial charge in [-0.05, 0) is 12.1 Å². The molecule has 0 spiro atoms. The molecule has 1 aliphatic heterocycles. The molecule has 3 rings (SSSR count). The SMILES string of the molecule is COc1ccc(NCc2cccc3c2OCCO3)cn1. The number of pyridine rings is 1. The number of benzene rings is 1. The summed E-state index contributed by atoms with van der Waals surface area (Å²) >= 11 is 0. The van der Waals surface area contributed by atoms with Gasteiger partial charge in [-0.2, -0.15) is 0 Å². The Bertz CT molecular complexity index is 584. The topological polar surface area (TPSA) is 52.6 Å². The van der Waals surface area contributed by atoms with Gasteiger partial charge in [0.15, 0.2) is 11.5 Å². The number of rotatable bonds is 4. The van der Waals surface area contributed by atoms with E-state index in [9.17, 15) is 0 Å². The predicted octanol–water partition coefficient (Wildman–Crippen LogP) is 2.47. The lowest BCUT2D eigenvalue weighted by molar-refractivity contribution is 0.170. The number of nitrogens with zero attached hydrogens (tertiary/aromatic N) is 1. The molecule has 20 heavy (non-hydrogen) atoms. The van der Waals surface area contributed by atoms with E-state index >= 15 is 0 Å². The Kier molecular flexibility index (Phi) is 3.58. The molecule has 104 valence electrons. The number of hydrogen-bond donors (Lipinski definition) is 1. The summed E-state index contributed by atoms with van der Waals surface area (Å²) < 4.78 is 16.3. The fourth-order valence-corrected chi connectivity index (χ4v) is 2.08. The average Bonchev–Trinajstić information content (AvgIpc) is 2.53. The minimum absolute atomic E-state index is 0.591. The van der Waals surface area contributed by atoms with Crippen molar-refractivity contribution >= 4 is 5.69 Å². The van der Waals surface area contributed by atoms with Crippen LogP contribution in [-0.2, 0) is 6.54 Å². The van der Waals surface area contributed by atoms with E-state index in [0.29, 0.717) is 25.6 Å². The van der Waals surface area contributed by atoms with E-state index in [1.165, 1.54) is 0 Å². The molecular weight excluding hydrogens is 256 g/mol. The summed E-state index contributed by atoms with van der Waals surface area (Å²) in [6.07, 6.45) is 1.74. The van der Waals surface area contributed by atoms with E-state index in [1.807, 2.05) is 30.3 Å². The number of anilines is 1. The molecule has 1 N–H and O–H groups in total. The summed E-state index contributed by atoms with van der Waals surface area (Å²) in [7, 11) is 1.60. The Morgan fingerprint density at radius 1 is 1.20 bits per heavy atom. The molecule has 5 heteroatoms. The molecule has 0 aliphatic carbocycles. The fraction of sp³-hybridized carbons (Fsp3) is 0.267. The molecule has 0 unspecified atom stereocenters. The van der Waals surface area contributed by atoms with Crippen LogP contribution < -0.4 is 19.5 Å². The zero-order valence-electron chi connectivity index (χ0n) is 11.3. The maximum absolute atomic E-state index is 5.68. The van der Waals surface area contributed by atoms with Gasteiger partial charge in [-0.15, -0.1) is 0 Å². The highest BCUT2D eigenvalue weighted by atomic mass is 16.6. The number of ether oxygens (including phenoxy) is 3. The van der Waals surface area contributed by atoms with Crippen LogP contribution in [0.15, 0.2) is 36.5 Å². The van der Waals surface area contributed by atoms with Gasteiger partial charge in [0.1, 0.15) is 13.2 Å². The van der Waals surface area contributed by atoms with Crippen LogP contribution in [-0.4, -0.2) is 25.3 Å². The van der Waals surface area contributed by atoms with E-state index in [2.05, 4.69) is 10.3 Å². The van der Waals surface area contributed by atoms with E-state index in [1.54, 1.807) is 13.3 Å². The summed E-state index contributed by atoms with van der Waals surface area (Å²) in [6, 6.07) is 9.67. The summed E-state index contributed by atoms with van der Waals surface area (Å²) in [5.74, 6) is 2.24. The van der Waals surface area contributed by atoms with Gasteiger partial charge in [-0.1, -0.05) is 12.1 Å². The van der Waals surface area contributed by atoms with Gasteiger partial charge in [0.05, 0.1) is 19.0 Å². The van der Waals surface area contributed by atoms with Crippen molar-refractivity contribution in [2.75, 3.05) is 25.6 Å². The fourth-order valence-electron chi connectivity index (χ4n) is 2.08. The Morgan fingerprint density at radius 3 is 2.90 bits per heavy atom. The summed E-state index contributed by atoms with van der Waals surface area (Å²) in [4.78, 5) is 4.16. The minimum Gasteiger partial charge on any atom is -0.486 e. The molecule has 0 fully saturated rings. The van der Waals surface area contributed by atoms with Gasteiger partial charge < -0.3 is 19.5 Å². The molecule has 0 radical (unpaired) electrons. The maximum atomic E-state index is 5.68. The van der Waals surface area contributed by atoms with Crippen molar-refractivity contribution in [1.29, 1.82) is 0 Å². The predicted molar refractivity (Wildman–Crippen MR) is 75.5 cm³/mol. The van der Waals surface area contributed by atoms with Gasteiger partial charge in [0.25, 0.3) is 0 Å². The number of fused-ring (bicyclic) bond motifs is 1. The van der Waals surface area contributed by atoms with Crippen LogP contribution in [0.5, 0.6) is 17.4 Å². The highest BCUT2D eigenvalue weighted by molar-refractivity contribution is 5.50. The summed E-state index contributed by atoms with van der Waals surface area (Å²) in [5, 5.41) is 3.31. The van der Waals surface area contributed by atoms with Gasteiger partial charge in [-0.3, -0.25) is 0 Å². The zero-order chi connectivity index (χ0) is 13.8. The number of methoxy groups -OCH3 is 1. The largest absolute Gasteiger partial charge is 0.486 e. The molecule has 0 saturated carbocycles. The lowest BCUT2D eigenvalue weighted by Crippen LogP contribution is -2.17. The van der Waals surface area contributed by atoms with E-state index < -0.39 is 0 Å². The second-order valence-electron chi connectivity index (χ2n) is 4.38. The molecule has 0 saturated heterocycles. The van der Waals surface area contributed by atoms with Crippen molar-refractivity contribution in [2.45, 2.75) is 6.54 Å². The first-order chi connectivity index (χ1) is 9.86. The van der Waals surface area contributed by atoms with Gasteiger partial charge in [0, 0.05) is 18.2 Å². The Balaban J connectivity index is 1.71. The van der Waals surface area contributed by atoms with Crippen LogP contribution in [0.3, 0.4) is 0 Å². The van der Waals surface area contributed by atoms with Crippen molar-refractivity contribution in [3.05, 3.63) is 42.1 Å². The number of para-hydroxylation sites is 1. The van der Waals surface area contributed by atoms with Crippen LogP contribution in [0.4, 0.5) is 5.69 Å². The normalized spacial score (nSPS) is 12.8. The van der Waals surface area contributed by atoms with Crippen LogP contribution in [0.25, 0.3) is 0 Å². The quantitative estimate of drug-likeness (QED) is 0.926. The van der Waals surface area contributed by atoms with Crippen molar-refractivity contribution in [3.8, 4) is 17.4 Å². The monoisotopic (exact) mass is 272 g/mol. The first-order valence-electron chi connectivity index (χ1n) is 6.48. The molecular formula is C15H16N2O3. The summed E-state index contributed by atoms with van der Waals surface area (Å²) in [5.41, 5.74) is 2.00. The van der Waals surface area contributed by atoms with E-state index in [4.69, 9.17) is 14.2 Å². The molecule has 5 nitrogen and oxygen atoms in total. The lowest BCUT2D eigenvalue weighted by atomic mass is 10.1. The zero-order valence-corrected chi connectivity index (χ0v) is 11.3. The standard InChI is InChI=1S/C15H16N2O3/c1-18-14-6-5-12(10-17-14)16-9-11-3-2-4-13-15(11)20-8-7-19-13/h2-6,10,16H,7-9H2,1H3. The maximum Gasteiger partial charge on any atom is 0.213 e. The molecule has 0 amide bonds.